The molecule has 2 amide bonds. The predicted molar refractivity (Wildman–Crippen MR) is 107 cm³/mol. The molecule has 1 aromatic heterocycles. The molecular formula is C21H19ClN4O2. The zero-order valence-corrected chi connectivity index (χ0v) is 15.8. The van der Waals surface area contributed by atoms with Crippen molar-refractivity contribution in [1.82, 2.24) is 15.5 Å². The number of benzene rings is 2. The SMILES string of the molecule is O=C(N[C@H]1CCc2ccc(Cl)cc2NC1=O)c1cc(Cc2ccccc2)n[nH]1. The van der Waals surface area contributed by atoms with Crippen molar-refractivity contribution in [1.29, 1.82) is 0 Å². The van der Waals surface area contributed by atoms with E-state index in [-0.39, 0.29) is 11.8 Å². The normalized spacial score (nSPS) is 16.0. The Kier molecular flexibility index (Phi) is 5.12. The third-order valence-corrected chi connectivity index (χ3v) is 4.99. The lowest BCUT2D eigenvalue weighted by molar-refractivity contribution is -0.118. The van der Waals surface area contributed by atoms with Crippen molar-refractivity contribution < 1.29 is 9.59 Å². The second-order valence-electron chi connectivity index (χ2n) is 6.79. The van der Waals surface area contributed by atoms with E-state index in [0.717, 1.165) is 16.8 Å². The fraction of sp³-hybridized carbons (Fsp3) is 0.190. The molecule has 0 saturated carbocycles. The molecule has 0 fully saturated rings. The summed E-state index contributed by atoms with van der Waals surface area (Å²) >= 11 is 6.01. The third-order valence-electron chi connectivity index (χ3n) is 4.76. The predicted octanol–water partition coefficient (Wildman–Crippen LogP) is 3.34. The number of carbonyl (C=O) groups is 2. The van der Waals surface area contributed by atoms with E-state index in [2.05, 4.69) is 20.8 Å². The van der Waals surface area contributed by atoms with Gasteiger partial charge in [0.2, 0.25) is 5.91 Å². The number of rotatable bonds is 4. The highest BCUT2D eigenvalue weighted by molar-refractivity contribution is 6.31. The Morgan fingerprint density at radius 1 is 1.18 bits per heavy atom. The van der Waals surface area contributed by atoms with Crippen molar-refractivity contribution in [3.05, 3.63) is 82.1 Å². The molecule has 7 heteroatoms. The van der Waals surface area contributed by atoms with Crippen LogP contribution in [0.4, 0.5) is 5.69 Å². The number of hydrogen-bond acceptors (Lipinski definition) is 3. The third kappa shape index (κ3) is 4.07. The summed E-state index contributed by atoms with van der Waals surface area (Å²) in [6.07, 6.45) is 1.81. The standard InChI is InChI=1S/C21H19ClN4O2/c22-15-8-6-14-7-9-17(20(27)24-18(14)11-15)23-21(28)19-12-16(25-26-19)10-13-4-2-1-3-5-13/h1-6,8,11-12,17H,7,9-10H2,(H,23,28)(H,24,27)(H,25,26)/t17-/m0/s1. The monoisotopic (exact) mass is 394 g/mol. The van der Waals surface area contributed by atoms with Crippen molar-refractivity contribution in [3.8, 4) is 0 Å². The summed E-state index contributed by atoms with van der Waals surface area (Å²) in [5.41, 5.74) is 3.91. The fourth-order valence-electron chi connectivity index (χ4n) is 3.28. The quantitative estimate of drug-likeness (QED) is 0.634. The molecule has 4 rings (SSSR count). The van der Waals surface area contributed by atoms with Gasteiger partial charge in [-0.25, -0.2) is 0 Å². The summed E-state index contributed by atoms with van der Waals surface area (Å²) in [6.45, 7) is 0. The first-order valence-corrected chi connectivity index (χ1v) is 9.44. The minimum Gasteiger partial charge on any atom is -0.339 e. The van der Waals surface area contributed by atoms with E-state index >= 15 is 0 Å². The van der Waals surface area contributed by atoms with Gasteiger partial charge in [-0.2, -0.15) is 5.10 Å². The number of nitrogens with one attached hydrogen (secondary N) is 3. The number of aromatic nitrogens is 2. The van der Waals surface area contributed by atoms with Crippen LogP contribution in [0.5, 0.6) is 0 Å². The summed E-state index contributed by atoms with van der Waals surface area (Å²) in [4.78, 5) is 25.1. The van der Waals surface area contributed by atoms with Gasteiger partial charge in [-0.15, -0.1) is 0 Å². The Morgan fingerprint density at radius 3 is 2.82 bits per heavy atom. The van der Waals surface area contributed by atoms with Crippen LogP contribution in [0.2, 0.25) is 5.02 Å². The summed E-state index contributed by atoms with van der Waals surface area (Å²) in [6, 6.07) is 16.4. The Hall–Kier alpha value is -3.12. The van der Waals surface area contributed by atoms with Gasteiger partial charge in [-0.05, 0) is 42.2 Å². The molecule has 28 heavy (non-hydrogen) atoms. The number of amides is 2. The van der Waals surface area contributed by atoms with E-state index in [1.165, 1.54) is 0 Å². The van der Waals surface area contributed by atoms with E-state index in [9.17, 15) is 9.59 Å². The van der Waals surface area contributed by atoms with Crippen LogP contribution in [0.3, 0.4) is 0 Å². The molecule has 1 atom stereocenters. The van der Waals surface area contributed by atoms with Crippen molar-refractivity contribution in [2.75, 3.05) is 5.32 Å². The molecule has 0 aliphatic carbocycles. The first-order valence-electron chi connectivity index (χ1n) is 9.07. The number of carbonyl (C=O) groups excluding carboxylic acids is 2. The van der Waals surface area contributed by atoms with Gasteiger partial charge in [0.05, 0.1) is 5.69 Å². The van der Waals surface area contributed by atoms with E-state index in [1.54, 1.807) is 18.2 Å². The largest absolute Gasteiger partial charge is 0.339 e. The number of anilines is 1. The lowest BCUT2D eigenvalue weighted by Gasteiger charge is -2.14. The van der Waals surface area contributed by atoms with Crippen LogP contribution < -0.4 is 10.6 Å². The maximum atomic E-state index is 12.6. The molecule has 0 saturated heterocycles. The molecular weight excluding hydrogens is 376 g/mol. The molecule has 142 valence electrons. The van der Waals surface area contributed by atoms with Crippen LogP contribution >= 0.6 is 11.6 Å². The van der Waals surface area contributed by atoms with Crippen molar-refractivity contribution in [2.45, 2.75) is 25.3 Å². The molecule has 0 bridgehead atoms. The highest BCUT2D eigenvalue weighted by Gasteiger charge is 2.26. The van der Waals surface area contributed by atoms with Crippen LogP contribution in [0.25, 0.3) is 0 Å². The highest BCUT2D eigenvalue weighted by atomic mass is 35.5. The van der Waals surface area contributed by atoms with Crippen molar-refractivity contribution in [2.24, 2.45) is 0 Å². The fourth-order valence-corrected chi connectivity index (χ4v) is 3.45. The molecule has 0 unspecified atom stereocenters. The van der Waals surface area contributed by atoms with Gasteiger partial charge < -0.3 is 10.6 Å². The van der Waals surface area contributed by atoms with Gasteiger partial charge >= 0.3 is 0 Å². The topological polar surface area (TPSA) is 86.9 Å². The summed E-state index contributed by atoms with van der Waals surface area (Å²) in [5.74, 6) is -0.602. The van der Waals surface area contributed by atoms with Crippen LogP contribution in [0, 0.1) is 0 Å². The summed E-state index contributed by atoms with van der Waals surface area (Å²) in [5, 5.41) is 13.2. The Labute approximate surface area is 167 Å². The molecule has 2 heterocycles. The number of halogens is 1. The van der Waals surface area contributed by atoms with Gasteiger partial charge in [0.1, 0.15) is 11.7 Å². The summed E-state index contributed by atoms with van der Waals surface area (Å²) < 4.78 is 0. The average molecular weight is 395 g/mol. The minimum absolute atomic E-state index is 0.251. The lowest BCUT2D eigenvalue weighted by Crippen LogP contribution is -2.43. The zero-order valence-electron chi connectivity index (χ0n) is 15.0. The number of aryl methyl sites for hydroxylation is 1. The number of H-pyrrole nitrogens is 1. The minimum atomic E-state index is -0.625. The van der Waals surface area contributed by atoms with E-state index in [0.29, 0.717) is 35.7 Å². The van der Waals surface area contributed by atoms with Crippen LogP contribution in [0.1, 0.15) is 33.7 Å². The molecule has 1 aliphatic rings. The molecule has 1 aliphatic heterocycles. The summed E-state index contributed by atoms with van der Waals surface area (Å²) in [7, 11) is 0. The van der Waals surface area contributed by atoms with Gasteiger partial charge in [0.25, 0.3) is 5.91 Å². The van der Waals surface area contributed by atoms with E-state index in [1.807, 2.05) is 36.4 Å². The maximum Gasteiger partial charge on any atom is 0.269 e. The Bertz CT molecular complexity index is 1020. The molecule has 3 aromatic rings. The van der Waals surface area contributed by atoms with Gasteiger partial charge in [-0.1, -0.05) is 48.0 Å². The van der Waals surface area contributed by atoms with E-state index in [4.69, 9.17) is 11.6 Å². The Balaban J connectivity index is 1.42. The highest BCUT2D eigenvalue weighted by Crippen LogP contribution is 2.25. The zero-order chi connectivity index (χ0) is 19.5. The number of aromatic amines is 1. The van der Waals surface area contributed by atoms with Crippen LogP contribution in [0.15, 0.2) is 54.6 Å². The van der Waals surface area contributed by atoms with Crippen LogP contribution in [-0.2, 0) is 17.6 Å². The van der Waals surface area contributed by atoms with Crippen molar-refractivity contribution in [3.63, 3.8) is 0 Å². The van der Waals surface area contributed by atoms with E-state index < -0.39 is 6.04 Å². The second-order valence-corrected chi connectivity index (χ2v) is 7.23. The molecule has 3 N–H and O–H groups in total. The molecule has 0 spiro atoms. The molecule has 0 radical (unpaired) electrons. The smallest absolute Gasteiger partial charge is 0.269 e. The number of fused-ring (bicyclic) bond motifs is 1. The second kappa shape index (κ2) is 7.86. The Morgan fingerprint density at radius 2 is 2.00 bits per heavy atom. The molecule has 2 aromatic carbocycles. The van der Waals surface area contributed by atoms with Crippen LogP contribution in [-0.4, -0.2) is 28.1 Å². The van der Waals surface area contributed by atoms with Gasteiger partial charge in [0, 0.05) is 17.1 Å². The molecule has 6 nitrogen and oxygen atoms in total. The maximum absolute atomic E-state index is 12.6. The first-order chi connectivity index (χ1) is 13.6. The number of nitrogens with zero attached hydrogens (tertiary/aromatic N) is 1. The van der Waals surface area contributed by atoms with Crippen molar-refractivity contribution >= 4 is 29.1 Å². The van der Waals surface area contributed by atoms with Gasteiger partial charge in [-0.3, -0.25) is 14.7 Å². The first kappa shape index (κ1) is 18.3. The number of hydrogen-bond donors (Lipinski definition) is 3. The van der Waals surface area contributed by atoms with Gasteiger partial charge in [0.15, 0.2) is 0 Å². The lowest BCUT2D eigenvalue weighted by atomic mass is 10.1. The average Bonchev–Trinajstić information content (AvgIpc) is 3.09.